The highest BCUT2D eigenvalue weighted by Crippen LogP contribution is 2.25. The number of amides is 1. The molecule has 0 fully saturated rings. The summed E-state index contributed by atoms with van der Waals surface area (Å²) in [5.41, 5.74) is 2.28. The molecule has 0 saturated carbocycles. The van der Waals surface area contributed by atoms with Crippen molar-refractivity contribution in [2.24, 2.45) is 0 Å². The highest BCUT2D eigenvalue weighted by molar-refractivity contribution is 5.87. The minimum Gasteiger partial charge on any atom is -0.478 e. The number of benzene rings is 2. The quantitative estimate of drug-likeness (QED) is 0.768. The number of aromatic carboxylic acids is 1. The Bertz CT molecular complexity index is 811. The van der Waals surface area contributed by atoms with E-state index in [1.54, 1.807) is 25.1 Å². The molecular weight excluding hydrogens is 340 g/mol. The summed E-state index contributed by atoms with van der Waals surface area (Å²) in [6.45, 7) is 0. The smallest absolute Gasteiger partial charge is 0.337 e. The normalized spacial score (nSPS) is 9.89. The monoisotopic (exact) mass is 362 g/mol. The van der Waals surface area contributed by atoms with Crippen molar-refractivity contribution in [1.29, 1.82) is 0 Å². The number of pyridine rings is 1. The van der Waals surface area contributed by atoms with E-state index in [1.165, 1.54) is 18.5 Å². The lowest BCUT2D eigenvalue weighted by molar-refractivity contribution is -0.129. The average molecular weight is 362 g/mol. The van der Waals surface area contributed by atoms with Crippen molar-refractivity contribution in [3.63, 3.8) is 0 Å². The fourth-order valence-corrected chi connectivity index (χ4v) is 2.52. The van der Waals surface area contributed by atoms with Gasteiger partial charge in [0, 0.05) is 26.5 Å². The Morgan fingerprint density at radius 2 is 1.37 bits per heavy atom. The summed E-state index contributed by atoms with van der Waals surface area (Å²) in [7, 11) is 3.59. The van der Waals surface area contributed by atoms with Crippen molar-refractivity contribution in [1.82, 2.24) is 9.88 Å². The van der Waals surface area contributed by atoms with E-state index in [4.69, 9.17) is 5.11 Å². The Kier molecular flexibility index (Phi) is 7.26. The zero-order chi connectivity index (χ0) is 19.6. The molecule has 0 aliphatic rings. The fraction of sp³-hybridized carbons (Fsp3) is 0.136. The molecule has 0 spiro atoms. The molecule has 0 radical (unpaired) electrons. The first-order chi connectivity index (χ1) is 13.0. The van der Waals surface area contributed by atoms with Crippen LogP contribution in [0.5, 0.6) is 0 Å². The van der Waals surface area contributed by atoms with E-state index in [9.17, 15) is 9.59 Å². The predicted octanol–water partition coefficient (Wildman–Crippen LogP) is 3.69. The van der Waals surface area contributed by atoms with Gasteiger partial charge in [-0.15, -0.1) is 0 Å². The van der Waals surface area contributed by atoms with Crippen LogP contribution in [-0.2, 0) is 4.79 Å². The molecule has 0 aliphatic heterocycles. The molecular formula is C22H22N2O3. The largest absolute Gasteiger partial charge is 0.478 e. The summed E-state index contributed by atoms with van der Waals surface area (Å²) in [4.78, 5) is 27.8. The van der Waals surface area contributed by atoms with Gasteiger partial charge in [-0.2, -0.15) is 0 Å². The number of carboxylic acid groups (broad SMARTS) is 1. The Labute approximate surface area is 158 Å². The van der Waals surface area contributed by atoms with Crippen LogP contribution in [0.4, 0.5) is 0 Å². The number of rotatable bonds is 4. The number of aromatic nitrogens is 1. The highest BCUT2D eigenvalue weighted by Gasteiger charge is 2.23. The van der Waals surface area contributed by atoms with Gasteiger partial charge in [-0.3, -0.25) is 9.78 Å². The molecule has 27 heavy (non-hydrogen) atoms. The number of carbonyl (C=O) groups is 2. The maximum absolute atomic E-state index is 12.4. The van der Waals surface area contributed by atoms with Crippen molar-refractivity contribution in [3.05, 3.63) is 102 Å². The Morgan fingerprint density at radius 1 is 0.852 bits per heavy atom. The van der Waals surface area contributed by atoms with Gasteiger partial charge in [0.1, 0.15) is 0 Å². The summed E-state index contributed by atoms with van der Waals surface area (Å²) in [5, 5.41) is 8.34. The molecule has 1 aromatic heterocycles. The third-order valence-electron chi connectivity index (χ3n) is 3.86. The highest BCUT2D eigenvalue weighted by atomic mass is 16.4. The molecule has 5 heteroatoms. The third-order valence-corrected chi connectivity index (χ3v) is 3.86. The Hall–Kier alpha value is -3.47. The van der Waals surface area contributed by atoms with E-state index in [-0.39, 0.29) is 17.4 Å². The van der Waals surface area contributed by atoms with Crippen LogP contribution in [0.1, 0.15) is 27.4 Å². The van der Waals surface area contributed by atoms with Crippen LogP contribution >= 0.6 is 0 Å². The zero-order valence-electron chi connectivity index (χ0n) is 15.3. The van der Waals surface area contributed by atoms with Crippen LogP contribution in [-0.4, -0.2) is 41.0 Å². The van der Waals surface area contributed by atoms with Crippen molar-refractivity contribution in [2.45, 2.75) is 5.92 Å². The molecule has 5 nitrogen and oxygen atoms in total. The minimum atomic E-state index is -0.942. The summed E-state index contributed by atoms with van der Waals surface area (Å²) >= 11 is 0. The van der Waals surface area contributed by atoms with E-state index >= 15 is 0 Å². The second-order valence-electron chi connectivity index (χ2n) is 6.03. The predicted molar refractivity (Wildman–Crippen MR) is 105 cm³/mol. The van der Waals surface area contributed by atoms with E-state index < -0.39 is 5.97 Å². The number of carbonyl (C=O) groups excluding carboxylic acids is 1. The second kappa shape index (κ2) is 9.87. The van der Waals surface area contributed by atoms with Crippen molar-refractivity contribution >= 4 is 11.9 Å². The van der Waals surface area contributed by atoms with E-state index in [0.29, 0.717) is 0 Å². The molecule has 3 rings (SSSR count). The van der Waals surface area contributed by atoms with Gasteiger partial charge in [0.05, 0.1) is 11.5 Å². The first kappa shape index (κ1) is 19.8. The van der Waals surface area contributed by atoms with Gasteiger partial charge < -0.3 is 10.0 Å². The lowest BCUT2D eigenvalue weighted by Gasteiger charge is -2.21. The topological polar surface area (TPSA) is 70.5 Å². The first-order valence-corrected chi connectivity index (χ1v) is 8.45. The van der Waals surface area contributed by atoms with Crippen molar-refractivity contribution in [2.75, 3.05) is 14.1 Å². The summed E-state index contributed by atoms with van der Waals surface area (Å²) in [5.74, 6) is -1.06. The second-order valence-corrected chi connectivity index (χ2v) is 6.03. The summed E-state index contributed by atoms with van der Waals surface area (Å²) < 4.78 is 0. The van der Waals surface area contributed by atoms with E-state index in [1.807, 2.05) is 60.7 Å². The molecule has 0 bridgehead atoms. The number of hydrogen-bond donors (Lipinski definition) is 1. The van der Waals surface area contributed by atoms with Gasteiger partial charge in [0.2, 0.25) is 5.91 Å². The molecule has 0 atom stereocenters. The number of hydrogen-bond acceptors (Lipinski definition) is 3. The third kappa shape index (κ3) is 5.78. The van der Waals surface area contributed by atoms with Crippen molar-refractivity contribution in [3.8, 4) is 0 Å². The zero-order valence-corrected chi connectivity index (χ0v) is 15.3. The summed E-state index contributed by atoms with van der Waals surface area (Å²) in [6.07, 6.45) is 2.84. The Morgan fingerprint density at radius 3 is 1.70 bits per heavy atom. The first-order valence-electron chi connectivity index (χ1n) is 8.45. The van der Waals surface area contributed by atoms with E-state index in [2.05, 4.69) is 4.98 Å². The lowest BCUT2D eigenvalue weighted by atomic mass is 9.90. The molecule has 138 valence electrons. The van der Waals surface area contributed by atoms with Gasteiger partial charge in [-0.05, 0) is 23.3 Å². The number of likely N-dealkylation sites (N-methyl/N-ethyl adjacent to an activating group) is 1. The van der Waals surface area contributed by atoms with Gasteiger partial charge in [0.15, 0.2) is 0 Å². The average Bonchev–Trinajstić information content (AvgIpc) is 2.71. The van der Waals surface area contributed by atoms with Crippen LogP contribution < -0.4 is 0 Å². The molecule has 0 aliphatic carbocycles. The maximum Gasteiger partial charge on any atom is 0.337 e. The maximum atomic E-state index is 12.4. The molecule has 0 saturated heterocycles. The van der Waals surface area contributed by atoms with Gasteiger partial charge in [0.25, 0.3) is 0 Å². The number of nitrogens with zero attached hydrogens (tertiary/aromatic N) is 2. The fourth-order valence-electron chi connectivity index (χ4n) is 2.52. The molecule has 3 aromatic rings. The van der Waals surface area contributed by atoms with Crippen LogP contribution in [0.15, 0.2) is 85.2 Å². The summed E-state index contributed by atoms with van der Waals surface area (Å²) in [6, 6.07) is 22.9. The van der Waals surface area contributed by atoms with Gasteiger partial charge in [-0.1, -0.05) is 60.7 Å². The van der Waals surface area contributed by atoms with Crippen LogP contribution in [0.3, 0.4) is 0 Å². The number of carboxylic acids is 1. The molecule has 1 heterocycles. The minimum absolute atomic E-state index is 0.104. The van der Waals surface area contributed by atoms with Gasteiger partial charge in [-0.25, -0.2) is 4.79 Å². The molecule has 0 unspecified atom stereocenters. The van der Waals surface area contributed by atoms with E-state index in [0.717, 1.165) is 11.1 Å². The lowest BCUT2D eigenvalue weighted by Crippen LogP contribution is -2.28. The van der Waals surface area contributed by atoms with Crippen LogP contribution in [0.25, 0.3) is 0 Å². The van der Waals surface area contributed by atoms with Crippen LogP contribution in [0.2, 0.25) is 0 Å². The van der Waals surface area contributed by atoms with Gasteiger partial charge >= 0.3 is 5.97 Å². The Balaban J connectivity index is 0.000000244. The van der Waals surface area contributed by atoms with Crippen molar-refractivity contribution < 1.29 is 14.7 Å². The SMILES string of the molecule is CN(C)C(=O)C(c1ccccc1)c1ccccc1.O=C(O)c1cccnc1. The van der Waals surface area contributed by atoms with Crippen LogP contribution in [0, 0.1) is 0 Å². The molecule has 2 aromatic carbocycles. The standard InChI is InChI=1S/C16H17NO.C6H5NO2/c1-17(2)16(18)15(13-9-5-3-6-10-13)14-11-7-4-8-12-14;8-6(9)5-2-1-3-7-4-5/h3-12,15H,1-2H3;1-4H,(H,8,9). The molecule has 1 amide bonds. The molecule has 1 N–H and O–H groups in total.